The summed E-state index contributed by atoms with van der Waals surface area (Å²) in [5, 5.41) is 4.43. The van der Waals surface area contributed by atoms with Crippen LogP contribution in [0.5, 0.6) is 0 Å². The number of piperidine rings is 1. The maximum absolute atomic E-state index is 13.9. The lowest BCUT2D eigenvalue weighted by Gasteiger charge is -2.31. The van der Waals surface area contributed by atoms with Crippen molar-refractivity contribution in [1.29, 1.82) is 0 Å². The van der Waals surface area contributed by atoms with Crippen LogP contribution in [0, 0.1) is 11.7 Å². The van der Waals surface area contributed by atoms with Crippen LogP contribution in [0.2, 0.25) is 0 Å². The van der Waals surface area contributed by atoms with Crippen molar-refractivity contribution in [3.63, 3.8) is 0 Å². The van der Waals surface area contributed by atoms with Crippen molar-refractivity contribution in [3.8, 4) is 17.1 Å². The number of pyridine rings is 1. The molecule has 0 unspecified atom stereocenters. The van der Waals surface area contributed by atoms with E-state index in [2.05, 4.69) is 45.7 Å². The summed E-state index contributed by atoms with van der Waals surface area (Å²) in [5.74, 6) is 0.406. The van der Waals surface area contributed by atoms with Crippen molar-refractivity contribution >= 4 is 22.4 Å². The quantitative estimate of drug-likeness (QED) is 0.262. The largest absolute Gasteiger partial charge is 0.352 e. The number of likely N-dealkylation sites (tertiary alicyclic amines) is 1. The lowest BCUT2D eigenvalue weighted by atomic mass is 10.0. The number of benzene rings is 3. The van der Waals surface area contributed by atoms with Gasteiger partial charge in [-0.1, -0.05) is 26.0 Å². The molecule has 3 heterocycles. The van der Waals surface area contributed by atoms with Crippen LogP contribution in [0.4, 0.5) is 15.8 Å². The standard InChI is InChI=1S/C32H33FN6/c1-22(2)21-38-16-13-24(14-17-38)35-29-19-32-30(18-28(29)36-25-6-5-15-34-20-25)37-27-7-3-4-8-31(27)39(32)26-11-9-23(33)10-12-26/h3-12,15,18-20,22,24,36H,13-14,16-17,21H2,1-2H3/b35-29+. The highest BCUT2D eigenvalue weighted by Crippen LogP contribution is 2.30. The number of anilines is 2. The van der Waals surface area contributed by atoms with Crippen LogP contribution in [0.3, 0.4) is 0 Å². The van der Waals surface area contributed by atoms with Gasteiger partial charge in [0, 0.05) is 31.5 Å². The van der Waals surface area contributed by atoms with Crippen LogP contribution >= 0.6 is 0 Å². The molecule has 0 bridgehead atoms. The number of fused-ring (bicyclic) bond motifs is 2. The molecule has 1 fully saturated rings. The minimum Gasteiger partial charge on any atom is -0.352 e. The Kier molecular flexibility index (Phi) is 7.07. The van der Waals surface area contributed by atoms with E-state index in [0.717, 1.165) is 77.3 Å². The van der Waals surface area contributed by atoms with E-state index >= 15 is 0 Å². The van der Waals surface area contributed by atoms with Crippen molar-refractivity contribution in [1.82, 2.24) is 19.4 Å². The van der Waals surface area contributed by atoms with Crippen molar-refractivity contribution in [3.05, 3.63) is 96.4 Å². The molecule has 0 atom stereocenters. The number of hydrogen-bond acceptors (Lipinski definition) is 5. The molecule has 0 spiro atoms. The third kappa shape index (κ3) is 5.54. The lowest BCUT2D eigenvalue weighted by Crippen LogP contribution is -2.38. The molecule has 1 saturated heterocycles. The zero-order valence-electron chi connectivity index (χ0n) is 22.4. The fourth-order valence-electron chi connectivity index (χ4n) is 5.45. The van der Waals surface area contributed by atoms with E-state index < -0.39 is 0 Å². The molecular weight excluding hydrogens is 487 g/mol. The summed E-state index contributed by atoms with van der Waals surface area (Å²) in [6.07, 6.45) is 5.64. The molecule has 1 aromatic heterocycles. The zero-order valence-corrected chi connectivity index (χ0v) is 22.4. The first-order chi connectivity index (χ1) is 19.0. The highest BCUT2D eigenvalue weighted by Gasteiger charge is 2.21. The third-order valence-corrected chi connectivity index (χ3v) is 7.22. The molecule has 3 aliphatic rings. The van der Waals surface area contributed by atoms with Crippen molar-refractivity contribution in [2.24, 2.45) is 10.9 Å². The average molecular weight is 521 g/mol. The van der Waals surface area contributed by atoms with Crippen LogP contribution in [-0.4, -0.2) is 45.1 Å². The SMILES string of the molecule is CC(C)CN1CCC(/N=c2\cc3n(-c4ccc(F)cc4)c4ccccc4nc-3cc2Nc2cccnc2)CC1. The van der Waals surface area contributed by atoms with Gasteiger partial charge in [0.05, 0.1) is 51.4 Å². The highest BCUT2D eigenvalue weighted by molar-refractivity contribution is 5.84. The van der Waals surface area contributed by atoms with Gasteiger partial charge in [0.1, 0.15) is 5.82 Å². The molecule has 6 nitrogen and oxygen atoms in total. The van der Waals surface area contributed by atoms with Gasteiger partial charge in [-0.05, 0) is 79.4 Å². The van der Waals surface area contributed by atoms with Crippen LogP contribution in [0.1, 0.15) is 26.7 Å². The van der Waals surface area contributed by atoms with E-state index in [1.165, 1.54) is 12.1 Å². The average Bonchev–Trinajstić information content (AvgIpc) is 2.94. The van der Waals surface area contributed by atoms with Gasteiger partial charge in [0.15, 0.2) is 0 Å². The molecule has 0 amide bonds. The van der Waals surface area contributed by atoms with Gasteiger partial charge in [-0.3, -0.25) is 9.98 Å². The molecular formula is C32H33FN6. The van der Waals surface area contributed by atoms with Crippen molar-refractivity contribution < 1.29 is 4.39 Å². The normalized spacial score (nSPS) is 15.4. The van der Waals surface area contributed by atoms with Crippen LogP contribution in [-0.2, 0) is 0 Å². The monoisotopic (exact) mass is 520 g/mol. The number of halogens is 1. The molecule has 7 heteroatoms. The van der Waals surface area contributed by atoms with Gasteiger partial charge in [0.2, 0.25) is 0 Å². The molecule has 198 valence electrons. The molecule has 3 aromatic rings. The molecule has 39 heavy (non-hydrogen) atoms. The maximum Gasteiger partial charge on any atom is 0.123 e. The predicted octanol–water partition coefficient (Wildman–Crippen LogP) is 6.43. The maximum atomic E-state index is 13.9. The Balaban J connectivity index is 1.51. The van der Waals surface area contributed by atoms with Gasteiger partial charge < -0.3 is 14.8 Å². The smallest absolute Gasteiger partial charge is 0.123 e. The summed E-state index contributed by atoms with van der Waals surface area (Å²) < 4.78 is 16.0. The van der Waals surface area contributed by atoms with E-state index in [1.54, 1.807) is 6.20 Å². The zero-order chi connectivity index (χ0) is 26.8. The summed E-state index contributed by atoms with van der Waals surface area (Å²) in [5.41, 5.74) is 6.24. The van der Waals surface area contributed by atoms with Crippen molar-refractivity contribution in [2.75, 3.05) is 25.0 Å². The summed E-state index contributed by atoms with van der Waals surface area (Å²) in [6, 6.07) is 23.0. The molecule has 1 aliphatic carbocycles. The Labute approximate surface area is 228 Å². The minimum absolute atomic E-state index is 0.244. The number of hydrogen-bond donors (Lipinski definition) is 1. The Hall–Kier alpha value is -4.10. The Bertz CT molecular complexity index is 1600. The number of aromatic nitrogens is 3. The van der Waals surface area contributed by atoms with Gasteiger partial charge in [-0.2, -0.15) is 0 Å². The minimum atomic E-state index is -0.260. The first kappa shape index (κ1) is 25.2. The molecule has 1 N–H and O–H groups in total. The van der Waals surface area contributed by atoms with Crippen molar-refractivity contribution in [2.45, 2.75) is 32.7 Å². The van der Waals surface area contributed by atoms with E-state index in [-0.39, 0.29) is 11.9 Å². The van der Waals surface area contributed by atoms with Gasteiger partial charge in [-0.15, -0.1) is 0 Å². The van der Waals surface area contributed by atoms with Gasteiger partial charge >= 0.3 is 0 Å². The second-order valence-corrected chi connectivity index (χ2v) is 10.7. The van der Waals surface area contributed by atoms with Crippen LogP contribution < -0.4 is 10.7 Å². The third-order valence-electron chi connectivity index (χ3n) is 7.22. The fourth-order valence-corrected chi connectivity index (χ4v) is 5.45. The number of nitrogens with one attached hydrogen (secondary N) is 1. The summed E-state index contributed by atoms with van der Waals surface area (Å²) >= 11 is 0. The van der Waals surface area contributed by atoms with E-state index in [0.29, 0.717) is 5.92 Å². The first-order valence-electron chi connectivity index (χ1n) is 13.7. The summed E-state index contributed by atoms with van der Waals surface area (Å²) in [4.78, 5) is 17.1. The number of para-hydroxylation sites is 2. The summed E-state index contributed by atoms with van der Waals surface area (Å²) in [7, 11) is 0. The van der Waals surface area contributed by atoms with Crippen LogP contribution in [0.25, 0.3) is 28.1 Å². The predicted molar refractivity (Wildman–Crippen MR) is 155 cm³/mol. The topological polar surface area (TPSA) is 58.3 Å². The Morgan fingerprint density at radius 1 is 1.00 bits per heavy atom. The second kappa shape index (κ2) is 10.9. The lowest BCUT2D eigenvalue weighted by molar-refractivity contribution is 0.192. The molecule has 0 radical (unpaired) electrons. The van der Waals surface area contributed by atoms with E-state index in [9.17, 15) is 4.39 Å². The van der Waals surface area contributed by atoms with E-state index in [4.69, 9.17) is 9.98 Å². The molecule has 6 rings (SSSR count). The first-order valence-corrected chi connectivity index (χ1v) is 13.7. The molecule has 2 aliphatic heterocycles. The van der Waals surface area contributed by atoms with Gasteiger partial charge in [0.25, 0.3) is 0 Å². The van der Waals surface area contributed by atoms with Gasteiger partial charge in [-0.25, -0.2) is 9.37 Å². The van der Waals surface area contributed by atoms with Crippen LogP contribution in [0.15, 0.2) is 90.2 Å². The molecule has 2 aromatic carbocycles. The highest BCUT2D eigenvalue weighted by atomic mass is 19.1. The Morgan fingerprint density at radius 3 is 2.54 bits per heavy atom. The second-order valence-electron chi connectivity index (χ2n) is 10.7. The number of rotatable bonds is 6. The fraction of sp³-hybridized carbons (Fsp3) is 0.281. The summed E-state index contributed by atoms with van der Waals surface area (Å²) in [6.45, 7) is 7.80. The van der Waals surface area contributed by atoms with E-state index in [1.807, 2.05) is 54.7 Å². The Morgan fingerprint density at radius 2 is 1.79 bits per heavy atom. The number of nitrogens with zero attached hydrogens (tertiary/aromatic N) is 5. The molecule has 0 saturated carbocycles.